The average Bonchev–Trinajstić information content (AvgIpc) is 3.50. The fraction of sp³-hybridized carbons (Fsp3) is 0.448. The predicted molar refractivity (Wildman–Crippen MR) is 147 cm³/mol. The maximum atomic E-state index is 13.7. The molecule has 1 aliphatic heterocycles. The van der Waals surface area contributed by atoms with Gasteiger partial charge < -0.3 is 9.55 Å². The van der Waals surface area contributed by atoms with Crippen LogP contribution in [-0.2, 0) is 19.0 Å². The Kier molecular flexibility index (Phi) is 6.37. The van der Waals surface area contributed by atoms with Crippen molar-refractivity contribution in [3.05, 3.63) is 75.3 Å². The molecule has 1 saturated carbocycles. The highest BCUT2D eigenvalue weighted by molar-refractivity contribution is 6.35. The van der Waals surface area contributed by atoms with E-state index < -0.39 is 0 Å². The van der Waals surface area contributed by atoms with Crippen molar-refractivity contribution < 1.29 is 0 Å². The van der Waals surface area contributed by atoms with E-state index in [1.807, 2.05) is 29.8 Å². The fourth-order valence-electron chi connectivity index (χ4n) is 6.59. The number of aromatic nitrogens is 5. The number of nitrogens with zero attached hydrogens (tertiary/aromatic N) is 6. The summed E-state index contributed by atoms with van der Waals surface area (Å²) in [6.45, 7) is 5.23. The number of benzene rings is 1. The van der Waals surface area contributed by atoms with E-state index in [4.69, 9.17) is 11.6 Å². The monoisotopic (exact) mass is 529 g/mol. The van der Waals surface area contributed by atoms with Crippen molar-refractivity contribution in [2.45, 2.75) is 51.0 Å². The van der Waals surface area contributed by atoms with E-state index in [0.717, 1.165) is 60.6 Å². The number of aryl methyl sites for hydroxylation is 1. The molecule has 1 N–H and O–H groups in total. The van der Waals surface area contributed by atoms with E-state index in [9.17, 15) is 10.1 Å². The van der Waals surface area contributed by atoms with Crippen LogP contribution in [0.2, 0.25) is 5.02 Å². The molecule has 0 spiro atoms. The Morgan fingerprint density at radius 3 is 2.87 bits per heavy atom. The Labute approximate surface area is 226 Å². The molecule has 1 saturated heterocycles. The van der Waals surface area contributed by atoms with Gasteiger partial charge in [0.1, 0.15) is 17.7 Å². The quantitative estimate of drug-likeness (QED) is 0.381. The number of hydrogen-bond acceptors (Lipinski definition) is 5. The van der Waals surface area contributed by atoms with Crippen LogP contribution in [0.5, 0.6) is 0 Å². The summed E-state index contributed by atoms with van der Waals surface area (Å²) < 4.78 is 3.58. The van der Waals surface area contributed by atoms with E-state index in [2.05, 4.69) is 45.2 Å². The zero-order chi connectivity index (χ0) is 26.4. The van der Waals surface area contributed by atoms with Gasteiger partial charge in [-0.05, 0) is 67.8 Å². The number of halogens is 1. The lowest BCUT2D eigenvalue weighted by molar-refractivity contribution is 0.172. The maximum absolute atomic E-state index is 13.7. The molecular weight excluding hydrogens is 498 g/mol. The molecule has 0 bridgehead atoms. The Morgan fingerprint density at radius 2 is 2.13 bits per heavy atom. The van der Waals surface area contributed by atoms with Crippen LogP contribution < -0.4 is 5.56 Å². The molecule has 0 radical (unpaired) electrons. The molecular formula is C29H32ClN7O. The number of piperidine rings is 1. The lowest BCUT2D eigenvalue weighted by Crippen LogP contribution is -2.44. The summed E-state index contributed by atoms with van der Waals surface area (Å²) in [6, 6.07) is 12.4. The highest BCUT2D eigenvalue weighted by atomic mass is 35.5. The van der Waals surface area contributed by atoms with Gasteiger partial charge in [-0.15, -0.1) is 10.2 Å². The molecule has 1 aliphatic carbocycles. The standard InChI is InChI=1S/C29H32ClN7O/c1-19-5-4-10-36(15-19)16-22-12-24-25(30)17-37(27(38)26(24)33-22)23-7-3-6-21(11-23)29(13-20(14-29)8-9-31)28-34-32-18-35(28)2/h3,6-7,11-12,17-20,33H,4-5,8,10,13-16H2,1-2H3/t19-,20?,29?/m1/s1. The third kappa shape index (κ3) is 4.24. The van der Waals surface area contributed by atoms with Crippen LogP contribution in [0.3, 0.4) is 0 Å². The molecule has 4 heterocycles. The predicted octanol–water partition coefficient (Wildman–Crippen LogP) is 4.94. The lowest BCUT2D eigenvalue weighted by Gasteiger charge is -2.46. The molecule has 2 aliphatic rings. The number of nitrogens with one attached hydrogen (secondary N) is 1. The number of H-pyrrole nitrogens is 1. The first kappa shape index (κ1) is 24.9. The van der Waals surface area contributed by atoms with Crippen LogP contribution >= 0.6 is 11.6 Å². The van der Waals surface area contributed by atoms with Crippen molar-refractivity contribution in [3.8, 4) is 11.8 Å². The van der Waals surface area contributed by atoms with Gasteiger partial charge in [0.2, 0.25) is 0 Å². The molecule has 0 amide bonds. The second-order valence-corrected chi connectivity index (χ2v) is 11.7. The molecule has 6 rings (SSSR count). The zero-order valence-corrected chi connectivity index (χ0v) is 22.6. The Bertz CT molecular complexity index is 1590. The lowest BCUT2D eigenvalue weighted by atomic mass is 9.57. The van der Waals surface area contributed by atoms with Gasteiger partial charge in [0.15, 0.2) is 0 Å². The van der Waals surface area contributed by atoms with Crippen molar-refractivity contribution >= 4 is 22.5 Å². The molecule has 38 heavy (non-hydrogen) atoms. The highest BCUT2D eigenvalue weighted by Gasteiger charge is 2.49. The fourth-order valence-corrected chi connectivity index (χ4v) is 6.84. The molecule has 9 heteroatoms. The SMILES string of the molecule is C[C@@H]1CCCN(Cc2cc3c(Cl)cn(-c4cccc(C5(c6nncn6C)CC(CC#N)C5)c4)c(=O)c3[nH]2)C1. The summed E-state index contributed by atoms with van der Waals surface area (Å²) in [5.41, 5.74) is 2.90. The van der Waals surface area contributed by atoms with Crippen molar-refractivity contribution in [3.63, 3.8) is 0 Å². The van der Waals surface area contributed by atoms with Gasteiger partial charge in [0, 0.05) is 49.5 Å². The first-order valence-corrected chi connectivity index (χ1v) is 13.7. The second-order valence-electron chi connectivity index (χ2n) is 11.3. The Hall–Kier alpha value is -3.41. The zero-order valence-electron chi connectivity index (χ0n) is 21.8. The summed E-state index contributed by atoms with van der Waals surface area (Å²) >= 11 is 6.74. The minimum Gasteiger partial charge on any atom is -0.353 e. The first-order chi connectivity index (χ1) is 18.4. The highest BCUT2D eigenvalue weighted by Crippen LogP contribution is 2.52. The number of aromatic amines is 1. The van der Waals surface area contributed by atoms with Crippen molar-refractivity contribution in [2.24, 2.45) is 18.9 Å². The van der Waals surface area contributed by atoms with E-state index >= 15 is 0 Å². The second kappa shape index (κ2) is 9.72. The first-order valence-electron chi connectivity index (χ1n) is 13.4. The molecule has 4 aromatic rings. The van der Waals surface area contributed by atoms with Crippen molar-refractivity contribution in [1.29, 1.82) is 5.26 Å². The number of pyridine rings is 1. The summed E-state index contributed by atoms with van der Waals surface area (Å²) in [5, 5.41) is 19.1. The molecule has 2 fully saturated rings. The van der Waals surface area contributed by atoms with E-state index in [-0.39, 0.29) is 11.0 Å². The van der Waals surface area contributed by atoms with Crippen LogP contribution in [0.4, 0.5) is 0 Å². The van der Waals surface area contributed by atoms with Gasteiger partial charge in [0.25, 0.3) is 5.56 Å². The average molecular weight is 530 g/mol. The number of fused-ring (bicyclic) bond motifs is 1. The normalized spacial score (nSPS) is 23.8. The van der Waals surface area contributed by atoms with Gasteiger partial charge >= 0.3 is 0 Å². The Morgan fingerprint density at radius 1 is 1.29 bits per heavy atom. The van der Waals surface area contributed by atoms with Crippen LogP contribution in [-0.4, -0.2) is 42.3 Å². The Balaban J connectivity index is 1.37. The summed E-state index contributed by atoms with van der Waals surface area (Å²) in [5.74, 6) is 1.89. The third-order valence-corrected chi connectivity index (χ3v) is 8.71. The molecule has 1 atom stereocenters. The van der Waals surface area contributed by atoms with E-state index in [1.165, 1.54) is 12.8 Å². The largest absolute Gasteiger partial charge is 0.353 e. The molecule has 196 valence electrons. The van der Waals surface area contributed by atoms with Crippen LogP contribution in [0.25, 0.3) is 16.6 Å². The van der Waals surface area contributed by atoms with Crippen LogP contribution in [0, 0.1) is 23.2 Å². The van der Waals surface area contributed by atoms with Crippen molar-refractivity contribution in [2.75, 3.05) is 13.1 Å². The summed E-state index contributed by atoms with van der Waals surface area (Å²) in [7, 11) is 1.95. The minimum absolute atomic E-state index is 0.122. The maximum Gasteiger partial charge on any atom is 0.279 e. The number of hydrogen-bond donors (Lipinski definition) is 1. The van der Waals surface area contributed by atoms with Gasteiger partial charge in [-0.3, -0.25) is 14.3 Å². The van der Waals surface area contributed by atoms with Gasteiger partial charge in [-0.2, -0.15) is 5.26 Å². The molecule has 3 aromatic heterocycles. The van der Waals surface area contributed by atoms with Gasteiger partial charge in [-0.25, -0.2) is 0 Å². The van der Waals surface area contributed by atoms with Crippen LogP contribution in [0.1, 0.15) is 56.1 Å². The van der Waals surface area contributed by atoms with Gasteiger partial charge in [0.05, 0.1) is 16.5 Å². The topological polar surface area (TPSA) is 95.5 Å². The van der Waals surface area contributed by atoms with Crippen LogP contribution in [0.15, 0.2) is 47.7 Å². The molecule has 1 aromatic carbocycles. The van der Waals surface area contributed by atoms with Gasteiger partial charge in [-0.1, -0.05) is 30.7 Å². The number of nitriles is 1. The number of likely N-dealkylation sites (tertiary alicyclic amines) is 1. The summed E-state index contributed by atoms with van der Waals surface area (Å²) in [4.78, 5) is 19.5. The number of rotatable bonds is 6. The molecule has 8 nitrogen and oxygen atoms in total. The third-order valence-electron chi connectivity index (χ3n) is 8.41. The minimum atomic E-state index is -0.342. The van der Waals surface area contributed by atoms with Crippen molar-refractivity contribution in [1.82, 2.24) is 29.2 Å². The molecule has 0 unspecified atom stereocenters. The van der Waals surface area contributed by atoms with E-state index in [1.54, 1.807) is 17.1 Å². The van der Waals surface area contributed by atoms with E-state index in [0.29, 0.717) is 28.8 Å². The summed E-state index contributed by atoms with van der Waals surface area (Å²) in [6.07, 6.45) is 8.08. The smallest absolute Gasteiger partial charge is 0.279 e.